The Balaban J connectivity index is 2.88. The molecule has 54 valence electrons. The second-order valence-corrected chi connectivity index (χ2v) is 2.42. The monoisotopic (exact) mass is 203 g/mol. The lowest BCUT2D eigenvalue weighted by Gasteiger charge is -1.82. The molecule has 0 radical (unpaired) electrons. The number of aromatic amines is 1. The summed E-state index contributed by atoms with van der Waals surface area (Å²) >= 11 is 3.21. The number of aromatic nitrogens is 1. The molecule has 0 spiro atoms. The molecule has 4 heteroatoms. The number of carbonyl (C=O) groups is 1. The van der Waals surface area contributed by atoms with Gasteiger partial charge in [-0.1, -0.05) is 15.9 Å². The second-order valence-electron chi connectivity index (χ2n) is 1.86. The Kier molecular flexibility index (Phi) is 2.11. The maximum Gasteiger partial charge on any atom is 0.352 e. The highest BCUT2D eigenvalue weighted by Crippen LogP contribution is 2.06. The third kappa shape index (κ3) is 1.39. The number of carboxylic acids is 1. The van der Waals surface area contributed by atoms with Gasteiger partial charge in [0, 0.05) is 11.5 Å². The topological polar surface area (TPSA) is 53.1 Å². The molecule has 1 rings (SSSR count). The van der Waals surface area contributed by atoms with E-state index in [9.17, 15) is 4.79 Å². The summed E-state index contributed by atoms with van der Waals surface area (Å²) < 4.78 is 0. The Hall–Kier alpha value is -0.770. The summed E-state index contributed by atoms with van der Waals surface area (Å²) in [5.74, 6) is -0.924. The minimum atomic E-state index is -0.924. The Morgan fingerprint density at radius 2 is 2.50 bits per heavy atom. The third-order valence-corrected chi connectivity index (χ3v) is 1.77. The molecule has 0 aliphatic heterocycles. The summed E-state index contributed by atoms with van der Waals surface area (Å²) in [6, 6.07) is 1.59. The predicted molar refractivity (Wildman–Crippen MR) is 40.4 cm³/mol. The highest BCUT2D eigenvalue weighted by molar-refractivity contribution is 9.08. The molecule has 0 fully saturated rings. The van der Waals surface area contributed by atoms with Crippen LogP contribution in [-0.4, -0.2) is 16.1 Å². The zero-order chi connectivity index (χ0) is 7.56. The molecule has 0 aliphatic rings. The Bertz CT molecular complexity index is 244. The van der Waals surface area contributed by atoms with Crippen molar-refractivity contribution in [2.24, 2.45) is 0 Å². The second kappa shape index (κ2) is 2.88. The van der Waals surface area contributed by atoms with Crippen LogP contribution in [0.3, 0.4) is 0 Å². The van der Waals surface area contributed by atoms with Gasteiger partial charge in [0.05, 0.1) is 0 Å². The number of nitrogens with one attached hydrogen (secondary N) is 1. The Labute approximate surface area is 66.2 Å². The molecule has 0 saturated carbocycles. The van der Waals surface area contributed by atoms with Gasteiger partial charge in [-0.2, -0.15) is 0 Å². The summed E-state index contributed by atoms with van der Waals surface area (Å²) in [4.78, 5) is 12.9. The number of halogens is 1. The van der Waals surface area contributed by atoms with Gasteiger partial charge in [0.25, 0.3) is 0 Å². The van der Waals surface area contributed by atoms with Gasteiger partial charge < -0.3 is 10.1 Å². The van der Waals surface area contributed by atoms with Gasteiger partial charge in [0.2, 0.25) is 0 Å². The van der Waals surface area contributed by atoms with Crippen molar-refractivity contribution in [1.29, 1.82) is 0 Å². The molecular weight excluding hydrogens is 198 g/mol. The fourth-order valence-corrected chi connectivity index (χ4v) is 0.964. The van der Waals surface area contributed by atoms with Gasteiger partial charge in [-0.25, -0.2) is 4.79 Å². The zero-order valence-electron chi connectivity index (χ0n) is 5.10. The molecular formula is C6H6BrNO2. The summed E-state index contributed by atoms with van der Waals surface area (Å²) in [6.45, 7) is 0. The van der Waals surface area contributed by atoms with Crippen molar-refractivity contribution in [1.82, 2.24) is 4.98 Å². The molecule has 0 unspecified atom stereocenters. The number of rotatable bonds is 2. The zero-order valence-corrected chi connectivity index (χ0v) is 6.68. The molecule has 0 saturated heterocycles. The van der Waals surface area contributed by atoms with E-state index < -0.39 is 5.97 Å². The van der Waals surface area contributed by atoms with E-state index in [0.29, 0.717) is 5.33 Å². The maximum absolute atomic E-state index is 10.3. The van der Waals surface area contributed by atoms with Crippen LogP contribution in [0.15, 0.2) is 12.3 Å². The smallest absolute Gasteiger partial charge is 0.352 e. The minimum absolute atomic E-state index is 0.231. The first-order valence-electron chi connectivity index (χ1n) is 2.70. The van der Waals surface area contributed by atoms with Crippen molar-refractivity contribution in [3.8, 4) is 0 Å². The standard InChI is InChI=1S/C6H6BrNO2/c7-2-4-1-5(6(9)10)8-3-4/h1,3,8H,2H2,(H,9,10). The van der Waals surface area contributed by atoms with Gasteiger partial charge >= 0.3 is 5.97 Å². The van der Waals surface area contributed by atoms with E-state index in [4.69, 9.17) is 5.11 Å². The van der Waals surface area contributed by atoms with Gasteiger partial charge in [-0.05, 0) is 11.6 Å². The Morgan fingerprint density at radius 1 is 1.80 bits per heavy atom. The first kappa shape index (κ1) is 7.34. The van der Waals surface area contributed by atoms with Gasteiger partial charge in [0.15, 0.2) is 0 Å². The number of carboxylic acid groups (broad SMARTS) is 1. The van der Waals surface area contributed by atoms with Crippen LogP contribution in [0.1, 0.15) is 16.1 Å². The number of hydrogen-bond donors (Lipinski definition) is 2. The fourth-order valence-electron chi connectivity index (χ4n) is 0.640. The molecule has 0 aromatic carbocycles. The average molecular weight is 204 g/mol. The first-order chi connectivity index (χ1) is 4.74. The van der Waals surface area contributed by atoms with E-state index >= 15 is 0 Å². The van der Waals surface area contributed by atoms with E-state index in [1.165, 1.54) is 0 Å². The third-order valence-electron chi connectivity index (χ3n) is 1.13. The van der Waals surface area contributed by atoms with E-state index in [1.54, 1.807) is 12.3 Å². The number of H-pyrrole nitrogens is 1. The van der Waals surface area contributed by atoms with Crippen molar-refractivity contribution < 1.29 is 9.90 Å². The van der Waals surface area contributed by atoms with Crippen LogP contribution >= 0.6 is 15.9 Å². The van der Waals surface area contributed by atoms with Crippen LogP contribution < -0.4 is 0 Å². The minimum Gasteiger partial charge on any atom is -0.477 e. The van der Waals surface area contributed by atoms with E-state index in [-0.39, 0.29) is 5.69 Å². The maximum atomic E-state index is 10.3. The van der Waals surface area contributed by atoms with Crippen LogP contribution in [0, 0.1) is 0 Å². The van der Waals surface area contributed by atoms with Crippen molar-refractivity contribution in [2.75, 3.05) is 0 Å². The van der Waals surface area contributed by atoms with Crippen LogP contribution in [0.5, 0.6) is 0 Å². The van der Waals surface area contributed by atoms with Crippen molar-refractivity contribution in [3.05, 3.63) is 23.5 Å². The molecule has 1 aromatic heterocycles. The largest absolute Gasteiger partial charge is 0.477 e. The SMILES string of the molecule is O=C(O)c1cc(CBr)c[nH]1. The first-order valence-corrected chi connectivity index (χ1v) is 3.82. The highest BCUT2D eigenvalue weighted by atomic mass is 79.9. The summed E-state index contributed by atoms with van der Waals surface area (Å²) in [5.41, 5.74) is 1.17. The lowest BCUT2D eigenvalue weighted by Crippen LogP contribution is -1.94. The van der Waals surface area contributed by atoms with E-state index in [2.05, 4.69) is 20.9 Å². The molecule has 1 aromatic rings. The van der Waals surface area contributed by atoms with Crippen molar-refractivity contribution in [3.63, 3.8) is 0 Å². The number of hydrogen-bond acceptors (Lipinski definition) is 1. The summed E-state index contributed by atoms with van der Waals surface area (Å²) in [6.07, 6.45) is 1.66. The van der Waals surface area contributed by atoms with Gasteiger partial charge in [-0.15, -0.1) is 0 Å². The lowest BCUT2D eigenvalue weighted by atomic mass is 10.3. The van der Waals surface area contributed by atoms with Gasteiger partial charge in [-0.3, -0.25) is 0 Å². The van der Waals surface area contributed by atoms with E-state index in [1.807, 2.05) is 0 Å². The van der Waals surface area contributed by atoms with Crippen molar-refractivity contribution in [2.45, 2.75) is 5.33 Å². The quantitative estimate of drug-likeness (QED) is 0.719. The van der Waals surface area contributed by atoms with Gasteiger partial charge in [0.1, 0.15) is 5.69 Å². The fraction of sp³-hybridized carbons (Fsp3) is 0.167. The molecule has 0 bridgehead atoms. The highest BCUT2D eigenvalue weighted by Gasteiger charge is 2.03. The molecule has 0 aliphatic carbocycles. The average Bonchev–Trinajstić information content (AvgIpc) is 2.34. The molecule has 2 N–H and O–H groups in total. The van der Waals surface area contributed by atoms with Crippen LogP contribution in [0.25, 0.3) is 0 Å². The normalized spacial score (nSPS) is 9.70. The Morgan fingerprint density at radius 3 is 2.80 bits per heavy atom. The molecule has 10 heavy (non-hydrogen) atoms. The van der Waals surface area contributed by atoms with E-state index in [0.717, 1.165) is 5.56 Å². The van der Waals surface area contributed by atoms with Crippen LogP contribution in [0.4, 0.5) is 0 Å². The molecule has 3 nitrogen and oxygen atoms in total. The molecule has 0 atom stereocenters. The van der Waals surface area contributed by atoms with Crippen LogP contribution in [-0.2, 0) is 5.33 Å². The summed E-state index contributed by atoms with van der Waals surface area (Å²) in [7, 11) is 0. The van der Waals surface area contributed by atoms with Crippen molar-refractivity contribution >= 4 is 21.9 Å². The molecule has 1 heterocycles. The number of alkyl halides is 1. The number of aromatic carboxylic acids is 1. The predicted octanol–water partition coefficient (Wildman–Crippen LogP) is 1.61. The summed E-state index contributed by atoms with van der Waals surface area (Å²) in [5, 5.41) is 9.12. The van der Waals surface area contributed by atoms with Crippen LogP contribution in [0.2, 0.25) is 0 Å². The lowest BCUT2D eigenvalue weighted by molar-refractivity contribution is 0.0691. The molecule has 0 amide bonds.